The number of aromatic nitrogens is 4. The highest BCUT2D eigenvalue weighted by Gasteiger charge is 2.22. The van der Waals surface area contributed by atoms with Crippen molar-refractivity contribution >= 4 is 40.1 Å². The van der Waals surface area contributed by atoms with Gasteiger partial charge in [-0.3, -0.25) is 9.36 Å². The summed E-state index contributed by atoms with van der Waals surface area (Å²) in [4.78, 5) is 26.4. The molecule has 4 aromatic rings. The van der Waals surface area contributed by atoms with Gasteiger partial charge in [0.2, 0.25) is 5.95 Å². The zero-order valence-corrected chi connectivity index (χ0v) is 19.8. The van der Waals surface area contributed by atoms with E-state index in [0.29, 0.717) is 28.5 Å². The minimum absolute atomic E-state index is 0.0202. The number of hydrogen-bond acceptors (Lipinski definition) is 10. The average Bonchev–Trinajstić information content (AvgIpc) is 2.83. The highest BCUT2D eigenvalue weighted by molar-refractivity contribution is 6.35. The van der Waals surface area contributed by atoms with Crippen molar-refractivity contribution in [1.82, 2.24) is 19.5 Å². The van der Waals surface area contributed by atoms with Crippen LogP contribution in [0.2, 0.25) is 5.02 Å². The molecule has 2 aromatic heterocycles. The van der Waals surface area contributed by atoms with E-state index in [0.717, 1.165) is 0 Å². The summed E-state index contributed by atoms with van der Waals surface area (Å²) >= 11 is 6.38. The lowest BCUT2D eigenvalue weighted by atomic mass is 10.2. The third kappa shape index (κ3) is 4.34. The number of halogens is 1. The lowest BCUT2D eigenvalue weighted by molar-refractivity contribution is 0.394. The molecule has 1 atom stereocenters. The summed E-state index contributed by atoms with van der Waals surface area (Å²) in [7, 11) is 3.02. The molecule has 0 saturated carbocycles. The van der Waals surface area contributed by atoms with E-state index >= 15 is 0 Å². The molecule has 2 aromatic carbocycles. The van der Waals surface area contributed by atoms with Gasteiger partial charge in [-0.25, -0.2) is 4.98 Å². The van der Waals surface area contributed by atoms with Crippen LogP contribution < -0.4 is 31.8 Å². The van der Waals surface area contributed by atoms with E-state index in [1.54, 1.807) is 43.3 Å². The second-order valence-corrected chi connectivity index (χ2v) is 7.89. The fourth-order valence-electron chi connectivity index (χ4n) is 3.65. The van der Waals surface area contributed by atoms with Crippen molar-refractivity contribution in [3.05, 3.63) is 63.2 Å². The van der Waals surface area contributed by atoms with Crippen molar-refractivity contribution in [1.29, 1.82) is 5.26 Å². The molecular weight excluding hydrogens is 472 g/mol. The van der Waals surface area contributed by atoms with Crippen LogP contribution in [-0.2, 0) is 0 Å². The Hall–Kier alpha value is -4.56. The summed E-state index contributed by atoms with van der Waals surface area (Å²) < 4.78 is 12.2. The van der Waals surface area contributed by atoms with Gasteiger partial charge in [-0.15, -0.1) is 0 Å². The van der Waals surface area contributed by atoms with Gasteiger partial charge in [0.1, 0.15) is 34.8 Å². The van der Waals surface area contributed by atoms with E-state index in [1.165, 1.54) is 18.8 Å². The molecule has 0 saturated heterocycles. The number of methoxy groups -OCH3 is 2. The third-order valence-electron chi connectivity index (χ3n) is 5.27. The fraction of sp³-hybridized carbons (Fsp3) is 0.174. The first-order chi connectivity index (χ1) is 16.8. The van der Waals surface area contributed by atoms with Crippen molar-refractivity contribution in [2.24, 2.45) is 0 Å². The molecule has 0 spiro atoms. The number of hydrogen-bond donors (Lipinski definition) is 3. The number of nitriles is 1. The number of rotatable bonds is 6. The van der Waals surface area contributed by atoms with Crippen LogP contribution in [0.3, 0.4) is 0 Å². The van der Waals surface area contributed by atoms with E-state index in [2.05, 4.69) is 15.3 Å². The van der Waals surface area contributed by atoms with Crippen LogP contribution in [0.25, 0.3) is 16.6 Å². The van der Waals surface area contributed by atoms with Gasteiger partial charge in [-0.05, 0) is 19.1 Å². The molecule has 1 unspecified atom stereocenters. The van der Waals surface area contributed by atoms with E-state index in [1.807, 2.05) is 6.07 Å². The summed E-state index contributed by atoms with van der Waals surface area (Å²) in [6.45, 7) is 1.75. The van der Waals surface area contributed by atoms with Gasteiger partial charge in [-0.2, -0.15) is 15.2 Å². The van der Waals surface area contributed by atoms with Gasteiger partial charge < -0.3 is 26.3 Å². The molecule has 0 amide bonds. The first-order valence-corrected chi connectivity index (χ1v) is 10.7. The molecule has 0 radical (unpaired) electrons. The highest BCUT2D eigenvalue weighted by atomic mass is 35.5. The largest absolute Gasteiger partial charge is 0.497 e. The van der Waals surface area contributed by atoms with Crippen LogP contribution in [0.1, 0.15) is 24.4 Å². The van der Waals surface area contributed by atoms with Crippen molar-refractivity contribution in [2.45, 2.75) is 13.0 Å². The van der Waals surface area contributed by atoms with Gasteiger partial charge in [-0.1, -0.05) is 17.7 Å². The second kappa shape index (κ2) is 9.36. The van der Waals surface area contributed by atoms with E-state index in [-0.39, 0.29) is 33.6 Å². The Morgan fingerprint density at radius 1 is 1.11 bits per heavy atom. The number of nitrogens with one attached hydrogen (secondary N) is 1. The maximum atomic E-state index is 13.8. The molecule has 12 heteroatoms. The maximum absolute atomic E-state index is 13.8. The first-order valence-electron chi connectivity index (χ1n) is 10.3. The Labute approximate surface area is 204 Å². The molecule has 0 aliphatic rings. The summed E-state index contributed by atoms with van der Waals surface area (Å²) in [5.74, 6) is 1.19. The molecule has 0 aliphatic heterocycles. The predicted molar refractivity (Wildman–Crippen MR) is 133 cm³/mol. The third-order valence-corrected chi connectivity index (χ3v) is 5.59. The summed E-state index contributed by atoms with van der Waals surface area (Å²) in [6.07, 6.45) is 0. The average molecular weight is 493 g/mol. The molecule has 2 heterocycles. The van der Waals surface area contributed by atoms with Crippen LogP contribution in [0.5, 0.6) is 11.5 Å². The van der Waals surface area contributed by atoms with Gasteiger partial charge in [0.05, 0.1) is 41.9 Å². The quantitative estimate of drug-likeness (QED) is 0.363. The number of nitrogens with two attached hydrogens (primary N) is 2. The van der Waals surface area contributed by atoms with Gasteiger partial charge >= 0.3 is 0 Å². The monoisotopic (exact) mass is 492 g/mol. The van der Waals surface area contributed by atoms with Crippen molar-refractivity contribution in [2.75, 3.05) is 31.0 Å². The smallest absolute Gasteiger partial charge is 0.267 e. The number of anilines is 3. The zero-order chi connectivity index (χ0) is 25.3. The lowest BCUT2D eigenvalue weighted by Gasteiger charge is -2.21. The van der Waals surface area contributed by atoms with Crippen LogP contribution in [0, 0.1) is 11.3 Å². The molecular formula is C23H21ClN8O3. The predicted octanol–water partition coefficient (Wildman–Crippen LogP) is 3.06. The number of fused-ring (bicyclic) bond motifs is 1. The van der Waals surface area contributed by atoms with E-state index < -0.39 is 11.6 Å². The summed E-state index contributed by atoms with van der Waals surface area (Å²) in [5, 5.41) is 13.1. The van der Waals surface area contributed by atoms with Gasteiger partial charge in [0.25, 0.3) is 5.56 Å². The van der Waals surface area contributed by atoms with Crippen LogP contribution >= 0.6 is 11.6 Å². The minimum Gasteiger partial charge on any atom is -0.497 e. The lowest BCUT2D eigenvalue weighted by Crippen LogP contribution is -2.28. The zero-order valence-electron chi connectivity index (χ0n) is 19.0. The molecule has 11 nitrogen and oxygen atoms in total. The number of nitrogens with zero attached hydrogens (tertiary/aromatic N) is 5. The summed E-state index contributed by atoms with van der Waals surface area (Å²) in [5.41, 5.74) is 12.0. The number of ether oxygens (including phenoxy) is 2. The molecule has 178 valence electrons. The standard InChI is InChI=1S/C23H21ClN8O3/c1-11(28-20-15(10-25)19(26)30-23(27)31-20)21-29-17-6-4-5-16(24)18(17)22(33)32(21)12-7-13(34-2)9-14(8-12)35-3/h4-9,11H,1-3H3,(H5,26,27,28,30,31). The Morgan fingerprint density at radius 2 is 1.80 bits per heavy atom. The first kappa shape index (κ1) is 23.6. The molecule has 4 rings (SSSR count). The van der Waals surface area contributed by atoms with Crippen LogP contribution in [-0.4, -0.2) is 33.7 Å². The molecule has 0 bridgehead atoms. The Bertz CT molecular complexity index is 1520. The van der Waals surface area contributed by atoms with Crippen LogP contribution in [0.15, 0.2) is 41.2 Å². The fourth-order valence-corrected chi connectivity index (χ4v) is 3.90. The molecule has 5 N–H and O–H groups in total. The van der Waals surface area contributed by atoms with E-state index in [4.69, 9.17) is 37.5 Å². The molecule has 0 fully saturated rings. The molecule has 0 aliphatic carbocycles. The highest BCUT2D eigenvalue weighted by Crippen LogP contribution is 2.29. The number of benzene rings is 2. The van der Waals surface area contributed by atoms with Crippen molar-refractivity contribution in [3.63, 3.8) is 0 Å². The maximum Gasteiger partial charge on any atom is 0.267 e. The topological polar surface area (TPSA) is 167 Å². The van der Waals surface area contributed by atoms with E-state index in [9.17, 15) is 10.1 Å². The number of nitrogen functional groups attached to an aromatic ring is 2. The second-order valence-electron chi connectivity index (χ2n) is 7.48. The van der Waals surface area contributed by atoms with Gasteiger partial charge in [0, 0.05) is 18.2 Å². The van der Waals surface area contributed by atoms with Crippen LogP contribution in [0.4, 0.5) is 17.6 Å². The molecule has 35 heavy (non-hydrogen) atoms. The minimum atomic E-state index is -0.649. The summed E-state index contributed by atoms with van der Waals surface area (Å²) in [6, 6.07) is 11.4. The SMILES string of the molecule is COc1cc(OC)cc(-n2c(C(C)Nc3nc(N)nc(N)c3C#N)nc3cccc(Cl)c3c2=O)c1. The Balaban J connectivity index is 1.98. The Morgan fingerprint density at radius 3 is 2.43 bits per heavy atom. The van der Waals surface area contributed by atoms with Crippen molar-refractivity contribution in [3.8, 4) is 23.3 Å². The van der Waals surface area contributed by atoms with Crippen molar-refractivity contribution < 1.29 is 9.47 Å². The van der Waals surface area contributed by atoms with Gasteiger partial charge in [0.15, 0.2) is 5.82 Å². The Kier molecular flexibility index (Phi) is 6.31. The normalized spacial score (nSPS) is 11.6.